The lowest BCUT2D eigenvalue weighted by Crippen LogP contribution is -1.98. The second-order valence-electron chi connectivity index (χ2n) is 7.45. The number of halogens is 2. The maximum absolute atomic E-state index is 12.1. The van der Waals surface area contributed by atoms with E-state index in [0.717, 1.165) is 44.8 Å². The minimum Gasteiger partial charge on any atom is -0.477 e. The van der Waals surface area contributed by atoms with Crippen LogP contribution in [0.4, 0.5) is 0 Å². The summed E-state index contributed by atoms with van der Waals surface area (Å²) < 4.78 is 2.08. The molecule has 0 atom stereocenters. The molecule has 5 nitrogen and oxygen atoms in total. The van der Waals surface area contributed by atoms with Crippen molar-refractivity contribution in [1.29, 1.82) is 0 Å². The van der Waals surface area contributed by atoms with Crippen LogP contribution in [-0.4, -0.2) is 25.6 Å². The first kappa shape index (κ1) is 21.6. The minimum atomic E-state index is -1.01. The quantitative estimate of drug-likeness (QED) is 0.195. The summed E-state index contributed by atoms with van der Waals surface area (Å²) in [5, 5.41) is 12.4. The van der Waals surface area contributed by atoms with Crippen LogP contribution < -0.4 is 0 Å². The number of nitrogens with zero attached hydrogens (tertiary/aromatic N) is 2. The number of carboxylic acids is 1. The fourth-order valence-corrected chi connectivity index (χ4v) is 4.82. The monoisotopic (exact) mass is 493 g/mol. The maximum Gasteiger partial charge on any atom is 0.342 e. The van der Waals surface area contributed by atoms with E-state index < -0.39 is 5.97 Å². The van der Waals surface area contributed by atoms with Gasteiger partial charge in [0.1, 0.15) is 4.91 Å². The third-order valence-corrected chi connectivity index (χ3v) is 6.87. The van der Waals surface area contributed by atoms with Gasteiger partial charge in [0, 0.05) is 29.2 Å². The topological polar surface area (TPSA) is 70.9 Å². The van der Waals surface area contributed by atoms with Gasteiger partial charge in [-0.2, -0.15) is 0 Å². The average molecular weight is 494 g/mol. The highest BCUT2D eigenvalue weighted by atomic mass is 35.5. The van der Waals surface area contributed by atoms with Gasteiger partial charge in [-0.15, -0.1) is 0 Å². The van der Waals surface area contributed by atoms with Crippen LogP contribution in [0, 0.1) is 0 Å². The number of fused-ring (bicyclic) bond motifs is 2. The van der Waals surface area contributed by atoms with E-state index in [9.17, 15) is 9.90 Å². The van der Waals surface area contributed by atoms with Crippen LogP contribution in [0.15, 0.2) is 83.0 Å². The van der Waals surface area contributed by atoms with Crippen LogP contribution in [-0.2, 0) is 11.3 Å². The highest BCUT2D eigenvalue weighted by Gasteiger charge is 2.15. The molecule has 0 aliphatic rings. The molecule has 2 heterocycles. The van der Waals surface area contributed by atoms with Gasteiger partial charge < -0.3 is 14.7 Å². The number of aliphatic carboxylic acids is 1. The van der Waals surface area contributed by atoms with Crippen LogP contribution in [0.5, 0.6) is 0 Å². The number of benzene rings is 3. The van der Waals surface area contributed by atoms with Gasteiger partial charge in [-0.1, -0.05) is 59.6 Å². The van der Waals surface area contributed by atoms with Crippen molar-refractivity contribution in [1.82, 2.24) is 14.5 Å². The summed E-state index contributed by atoms with van der Waals surface area (Å²) in [6, 6.07) is 21.0. The Bertz CT molecular complexity index is 1500. The van der Waals surface area contributed by atoms with E-state index in [1.165, 1.54) is 0 Å². The summed E-state index contributed by atoms with van der Waals surface area (Å²) in [7, 11) is 0. The van der Waals surface area contributed by atoms with Crippen molar-refractivity contribution in [3.05, 3.63) is 99.0 Å². The lowest BCUT2D eigenvalue weighted by atomic mass is 10.1. The summed E-state index contributed by atoms with van der Waals surface area (Å²) in [5.41, 5.74) is 4.46. The molecule has 0 aliphatic carbocycles. The van der Waals surface area contributed by atoms with Crippen molar-refractivity contribution in [2.45, 2.75) is 11.7 Å². The standard InChI is InChI=1S/C25H17Cl2N3O2S/c26-18-10-9-15(11-19(18)27)13-30-14-16(17-5-1-4-8-22(17)30)12-23(24(31)32)33-25-28-20-6-2-3-7-21(20)29-25/h1-12,14H,13H2,(H,28,29)(H,31,32)/b23-12-. The second kappa shape index (κ2) is 8.98. The Kier molecular flexibility index (Phi) is 5.89. The lowest BCUT2D eigenvalue weighted by Gasteiger charge is -2.06. The molecule has 5 rings (SSSR count). The molecule has 0 radical (unpaired) electrons. The predicted octanol–water partition coefficient (Wildman–Crippen LogP) is 7.09. The fraction of sp³-hybridized carbons (Fsp3) is 0.0400. The van der Waals surface area contributed by atoms with E-state index in [1.54, 1.807) is 12.1 Å². The normalized spacial score (nSPS) is 12.0. The molecule has 0 amide bonds. The largest absolute Gasteiger partial charge is 0.477 e. The third kappa shape index (κ3) is 4.50. The number of hydrogen-bond acceptors (Lipinski definition) is 3. The third-order valence-electron chi connectivity index (χ3n) is 5.23. The van der Waals surface area contributed by atoms with Gasteiger partial charge in [0.05, 0.1) is 21.1 Å². The van der Waals surface area contributed by atoms with Gasteiger partial charge in [-0.25, -0.2) is 9.78 Å². The molecule has 5 aromatic rings. The number of thioether (sulfide) groups is 1. The maximum atomic E-state index is 12.1. The van der Waals surface area contributed by atoms with Crippen LogP contribution in [0.3, 0.4) is 0 Å². The summed E-state index contributed by atoms with van der Waals surface area (Å²) in [4.78, 5) is 19.9. The van der Waals surface area contributed by atoms with Gasteiger partial charge in [-0.05, 0) is 53.7 Å². The van der Waals surface area contributed by atoms with Crippen molar-refractivity contribution in [2.24, 2.45) is 0 Å². The number of nitrogens with one attached hydrogen (secondary N) is 1. The molecule has 0 spiro atoms. The molecule has 0 bridgehead atoms. The Morgan fingerprint density at radius 3 is 2.64 bits per heavy atom. The molecule has 164 valence electrons. The SMILES string of the molecule is O=C(O)/C(=C/c1cn(Cc2ccc(Cl)c(Cl)c2)c2ccccc12)Sc1nc2ccccc2[nH]1. The summed E-state index contributed by atoms with van der Waals surface area (Å²) in [6.07, 6.45) is 3.64. The average Bonchev–Trinajstić information content (AvgIpc) is 3.37. The lowest BCUT2D eigenvalue weighted by molar-refractivity contribution is -0.131. The Morgan fingerprint density at radius 1 is 1.06 bits per heavy atom. The summed E-state index contributed by atoms with van der Waals surface area (Å²) in [5.74, 6) is -1.01. The van der Waals surface area contributed by atoms with Gasteiger partial charge >= 0.3 is 5.97 Å². The molecule has 0 unspecified atom stereocenters. The molecule has 33 heavy (non-hydrogen) atoms. The Balaban J connectivity index is 1.53. The van der Waals surface area contributed by atoms with E-state index in [-0.39, 0.29) is 4.91 Å². The zero-order valence-electron chi connectivity index (χ0n) is 17.1. The molecular formula is C25H17Cl2N3O2S. The molecule has 0 saturated carbocycles. The molecule has 0 aliphatic heterocycles. The highest BCUT2D eigenvalue weighted by molar-refractivity contribution is 8.04. The van der Waals surface area contributed by atoms with Crippen molar-refractivity contribution in [3.8, 4) is 0 Å². The first-order valence-corrected chi connectivity index (χ1v) is 11.6. The number of aromatic amines is 1. The van der Waals surface area contributed by atoms with Crippen LogP contribution in [0.1, 0.15) is 11.1 Å². The molecule has 2 aromatic heterocycles. The van der Waals surface area contributed by atoms with Crippen molar-refractivity contribution >= 4 is 68.9 Å². The Labute approximate surface area is 203 Å². The van der Waals surface area contributed by atoms with E-state index in [2.05, 4.69) is 14.5 Å². The van der Waals surface area contributed by atoms with Crippen molar-refractivity contribution in [3.63, 3.8) is 0 Å². The molecular weight excluding hydrogens is 477 g/mol. The fourth-order valence-electron chi connectivity index (χ4n) is 3.71. The zero-order valence-corrected chi connectivity index (χ0v) is 19.5. The first-order chi connectivity index (χ1) is 16.0. The van der Waals surface area contributed by atoms with E-state index in [4.69, 9.17) is 23.2 Å². The predicted molar refractivity (Wildman–Crippen MR) is 135 cm³/mol. The number of carboxylic acid groups (broad SMARTS) is 1. The molecule has 3 aromatic carbocycles. The Hall–Kier alpha value is -3.19. The van der Waals surface area contributed by atoms with Gasteiger partial charge in [0.15, 0.2) is 5.16 Å². The summed E-state index contributed by atoms with van der Waals surface area (Å²) >= 11 is 13.3. The minimum absolute atomic E-state index is 0.173. The number of rotatable bonds is 6. The van der Waals surface area contributed by atoms with Crippen LogP contribution in [0.25, 0.3) is 28.0 Å². The zero-order chi connectivity index (χ0) is 22.9. The van der Waals surface area contributed by atoms with Gasteiger partial charge in [0.25, 0.3) is 0 Å². The van der Waals surface area contributed by atoms with E-state index in [0.29, 0.717) is 21.7 Å². The smallest absolute Gasteiger partial charge is 0.342 e. The molecule has 0 saturated heterocycles. The number of H-pyrrole nitrogens is 1. The Morgan fingerprint density at radius 2 is 1.85 bits per heavy atom. The molecule has 0 fully saturated rings. The highest BCUT2D eigenvalue weighted by Crippen LogP contribution is 2.31. The van der Waals surface area contributed by atoms with Gasteiger partial charge in [0.2, 0.25) is 0 Å². The molecule has 2 N–H and O–H groups in total. The van der Waals surface area contributed by atoms with Crippen molar-refractivity contribution in [2.75, 3.05) is 0 Å². The van der Waals surface area contributed by atoms with Gasteiger partial charge in [-0.3, -0.25) is 0 Å². The van der Waals surface area contributed by atoms with Crippen molar-refractivity contribution < 1.29 is 9.90 Å². The number of imidazole rings is 1. The van der Waals surface area contributed by atoms with Crippen LogP contribution in [0.2, 0.25) is 10.0 Å². The number of hydrogen-bond donors (Lipinski definition) is 2. The van der Waals surface area contributed by atoms with E-state index in [1.807, 2.05) is 66.9 Å². The second-order valence-corrected chi connectivity index (χ2v) is 9.30. The van der Waals surface area contributed by atoms with Crippen LogP contribution >= 0.6 is 35.0 Å². The number of carbonyl (C=O) groups is 1. The van der Waals surface area contributed by atoms with E-state index >= 15 is 0 Å². The molecule has 8 heteroatoms. The summed E-state index contributed by atoms with van der Waals surface area (Å²) in [6.45, 7) is 0.574. The number of para-hydroxylation sites is 3. The number of aromatic nitrogens is 3. The first-order valence-electron chi connectivity index (χ1n) is 10.1.